The Bertz CT molecular complexity index is 626. The van der Waals surface area contributed by atoms with E-state index >= 15 is 0 Å². The Morgan fingerprint density at radius 2 is 2.00 bits per heavy atom. The zero-order valence-corrected chi connectivity index (χ0v) is 18.2. The third-order valence-corrected chi connectivity index (χ3v) is 6.93. The Morgan fingerprint density at radius 1 is 1.20 bits per heavy atom. The minimum atomic E-state index is -0.732. The van der Waals surface area contributed by atoms with Crippen LogP contribution in [0.3, 0.4) is 0 Å². The molecule has 0 aromatic heterocycles. The van der Waals surface area contributed by atoms with Crippen LogP contribution >= 0.6 is 0 Å². The van der Waals surface area contributed by atoms with Crippen LogP contribution in [-0.2, 0) is 14.3 Å². The molecule has 30 heavy (non-hydrogen) atoms. The molecule has 3 aliphatic rings. The normalized spacial score (nSPS) is 29.5. The summed E-state index contributed by atoms with van der Waals surface area (Å²) in [4.78, 5) is 37.0. The van der Waals surface area contributed by atoms with Crippen molar-refractivity contribution >= 4 is 17.9 Å². The highest BCUT2D eigenvalue weighted by Crippen LogP contribution is 2.48. The molecule has 1 aliphatic heterocycles. The molecule has 0 spiro atoms. The number of fused-ring (bicyclic) bond motifs is 2. The zero-order valence-electron chi connectivity index (χ0n) is 18.2. The van der Waals surface area contributed by atoms with Crippen LogP contribution in [0, 0.1) is 29.6 Å². The lowest BCUT2D eigenvalue weighted by Crippen LogP contribution is -2.51. The number of carbonyl (C=O) groups excluding carboxylic acids is 3. The number of alkyl carbamates (subject to hydrolysis) is 1. The number of amides is 3. The first-order chi connectivity index (χ1) is 14.4. The van der Waals surface area contributed by atoms with E-state index in [1.807, 2.05) is 13.8 Å². The van der Waals surface area contributed by atoms with Crippen molar-refractivity contribution in [1.82, 2.24) is 16.0 Å². The lowest BCUT2D eigenvalue weighted by Gasteiger charge is -2.25. The lowest BCUT2D eigenvalue weighted by atomic mass is 9.90. The van der Waals surface area contributed by atoms with Crippen LogP contribution in [0.1, 0.15) is 58.8 Å². The molecule has 2 bridgehead atoms. The van der Waals surface area contributed by atoms with Gasteiger partial charge in [0.05, 0.1) is 19.3 Å². The number of aliphatic hydroxyl groups excluding tert-OH is 1. The number of carbonyl (C=O) groups is 3. The maximum absolute atomic E-state index is 12.8. The summed E-state index contributed by atoms with van der Waals surface area (Å²) in [5, 5.41) is 18.0. The number of nitrogens with one attached hydrogen (secondary N) is 3. The highest BCUT2D eigenvalue weighted by atomic mass is 16.5. The molecule has 1 saturated heterocycles. The standard InChI is InChI=1S/C22H37N3O5/c1-13(2)7-19(21(28)24-18(11-26)10-16-5-6-23-20(16)27)25-22(29)30-12-17-9-14-3-4-15(17)8-14/h13-19,26H,3-12H2,1-2H3,(H,23,27)(H,24,28)(H,25,29)/t14?,15?,16-,17?,18-,19-/m0/s1. The van der Waals surface area contributed by atoms with Gasteiger partial charge in [0.25, 0.3) is 0 Å². The molecule has 3 unspecified atom stereocenters. The van der Waals surface area contributed by atoms with E-state index in [-0.39, 0.29) is 30.3 Å². The number of rotatable bonds is 10. The maximum Gasteiger partial charge on any atom is 0.407 e. The maximum atomic E-state index is 12.8. The first kappa shape index (κ1) is 22.8. The van der Waals surface area contributed by atoms with E-state index in [9.17, 15) is 19.5 Å². The minimum absolute atomic E-state index is 0.0382. The molecule has 1 heterocycles. The van der Waals surface area contributed by atoms with Gasteiger partial charge in [0.2, 0.25) is 11.8 Å². The molecule has 6 atom stereocenters. The average Bonchev–Trinajstić information content (AvgIpc) is 3.42. The van der Waals surface area contributed by atoms with Crippen LogP contribution < -0.4 is 16.0 Å². The fourth-order valence-corrected chi connectivity index (χ4v) is 5.34. The molecule has 0 aromatic rings. The van der Waals surface area contributed by atoms with Gasteiger partial charge < -0.3 is 25.8 Å². The van der Waals surface area contributed by atoms with Crippen LogP contribution in [0.5, 0.6) is 0 Å². The summed E-state index contributed by atoms with van der Waals surface area (Å²) in [5.41, 5.74) is 0. The average molecular weight is 424 g/mol. The third kappa shape index (κ3) is 6.09. The van der Waals surface area contributed by atoms with Crippen molar-refractivity contribution in [3.63, 3.8) is 0 Å². The smallest absolute Gasteiger partial charge is 0.407 e. The Balaban J connectivity index is 1.48. The van der Waals surface area contributed by atoms with Gasteiger partial charge in [0, 0.05) is 12.5 Å². The molecule has 3 fully saturated rings. The van der Waals surface area contributed by atoms with Gasteiger partial charge in [-0.2, -0.15) is 0 Å². The predicted octanol–water partition coefficient (Wildman–Crippen LogP) is 1.57. The van der Waals surface area contributed by atoms with Crippen LogP contribution in [0.2, 0.25) is 0 Å². The summed E-state index contributed by atoms with van der Waals surface area (Å²) in [6.45, 7) is 4.75. The van der Waals surface area contributed by atoms with Crippen molar-refractivity contribution in [3.8, 4) is 0 Å². The third-order valence-electron chi connectivity index (χ3n) is 6.93. The van der Waals surface area contributed by atoms with Crippen molar-refractivity contribution in [2.45, 2.75) is 70.9 Å². The molecule has 3 rings (SSSR count). The van der Waals surface area contributed by atoms with Crippen LogP contribution in [0.25, 0.3) is 0 Å². The molecule has 8 heteroatoms. The summed E-state index contributed by atoms with van der Waals surface area (Å²) >= 11 is 0. The fraction of sp³-hybridized carbons (Fsp3) is 0.864. The molecule has 0 aromatic carbocycles. The summed E-state index contributed by atoms with van der Waals surface area (Å²) in [6, 6.07) is -1.25. The molecule has 170 valence electrons. The van der Waals surface area contributed by atoms with Gasteiger partial charge >= 0.3 is 6.09 Å². The molecule has 4 N–H and O–H groups in total. The van der Waals surface area contributed by atoms with Crippen molar-refractivity contribution in [2.75, 3.05) is 19.8 Å². The van der Waals surface area contributed by atoms with Crippen molar-refractivity contribution < 1.29 is 24.2 Å². The highest BCUT2D eigenvalue weighted by molar-refractivity contribution is 5.86. The van der Waals surface area contributed by atoms with E-state index in [4.69, 9.17) is 4.74 Å². The van der Waals surface area contributed by atoms with Gasteiger partial charge in [0.1, 0.15) is 6.04 Å². The van der Waals surface area contributed by atoms with Crippen molar-refractivity contribution in [1.29, 1.82) is 0 Å². The monoisotopic (exact) mass is 423 g/mol. The van der Waals surface area contributed by atoms with Gasteiger partial charge in [0.15, 0.2) is 0 Å². The fourth-order valence-electron chi connectivity index (χ4n) is 5.34. The molecule has 0 radical (unpaired) electrons. The second kappa shape index (κ2) is 10.5. The van der Waals surface area contributed by atoms with E-state index in [2.05, 4.69) is 16.0 Å². The molecule has 8 nitrogen and oxygen atoms in total. The summed E-state index contributed by atoms with van der Waals surface area (Å²) < 4.78 is 5.46. The summed E-state index contributed by atoms with van der Waals surface area (Å²) in [6.07, 6.45) is 5.94. The summed E-state index contributed by atoms with van der Waals surface area (Å²) in [5.74, 6) is 1.52. The Hall–Kier alpha value is -1.83. The number of aliphatic hydroxyl groups is 1. The SMILES string of the molecule is CC(C)C[C@H](NC(=O)OCC1CC2CCC1C2)C(=O)N[C@H](CO)C[C@@H]1CCNC1=O. The Labute approximate surface area is 178 Å². The minimum Gasteiger partial charge on any atom is -0.449 e. The Morgan fingerprint density at radius 3 is 2.57 bits per heavy atom. The van der Waals surface area contributed by atoms with Gasteiger partial charge in [-0.15, -0.1) is 0 Å². The predicted molar refractivity (Wildman–Crippen MR) is 111 cm³/mol. The number of hydrogen-bond donors (Lipinski definition) is 4. The van der Waals surface area contributed by atoms with E-state index in [1.54, 1.807) is 0 Å². The largest absolute Gasteiger partial charge is 0.449 e. The quantitative estimate of drug-likeness (QED) is 0.426. The topological polar surface area (TPSA) is 117 Å². The van der Waals surface area contributed by atoms with Crippen molar-refractivity contribution in [2.24, 2.45) is 29.6 Å². The summed E-state index contributed by atoms with van der Waals surface area (Å²) in [7, 11) is 0. The first-order valence-corrected chi connectivity index (χ1v) is 11.5. The second-order valence-corrected chi connectivity index (χ2v) is 9.76. The number of hydrogen-bond acceptors (Lipinski definition) is 5. The molecule has 3 amide bonds. The second-order valence-electron chi connectivity index (χ2n) is 9.76. The van der Waals surface area contributed by atoms with Crippen LogP contribution in [0.4, 0.5) is 4.79 Å². The first-order valence-electron chi connectivity index (χ1n) is 11.5. The lowest BCUT2D eigenvalue weighted by molar-refractivity contribution is -0.126. The van der Waals surface area contributed by atoms with E-state index < -0.39 is 18.2 Å². The van der Waals surface area contributed by atoms with E-state index in [1.165, 1.54) is 19.3 Å². The highest BCUT2D eigenvalue weighted by Gasteiger charge is 2.40. The van der Waals surface area contributed by atoms with Gasteiger partial charge in [-0.1, -0.05) is 20.3 Å². The van der Waals surface area contributed by atoms with Gasteiger partial charge in [-0.3, -0.25) is 9.59 Å². The molecular formula is C22H37N3O5. The molecule has 2 saturated carbocycles. The van der Waals surface area contributed by atoms with E-state index in [0.717, 1.165) is 12.3 Å². The van der Waals surface area contributed by atoms with Crippen LogP contribution in [-0.4, -0.2) is 54.9 Å². The molecule has 2 aliphatic carbocycles. The zero-order chi connectivity index (χ0) is 21.7. The Kier molecular flexibility index (Phi) is 7.97. The van der Waals surface area contributed by atoms with Gasteiger partial charge in [-0.05, 0) is 62.2 Å². The van der Waals surface area contributed by atoms with Crippen molar-refractivity contribution in [3.05, 3.63) is 0 Å². The molecular weight excluding hydrogens is 386 g/mol. The van der Waals surface area contributed by atoms with Crippen LogP contribution in [0.15, 0.2) is 0 Å². The van der Waals surface area contributed by atoms with E-state index in [0.29, 0.717) is 44.2 Å². The number of ether oxygens (including phenoxy) is 1. The van der Waals surface area contributed by atoms with Gasteiger partial charge in [-0.25, -0.2) is 4.79 Å².